The number of nitrogens with zero attached hydrogens (tertiary/aromatic N) is 3. The first-order valence-electron chi connectivity index (χ1n) is 5.15. The molecule has 5 nitrogen and oxygen atoms in total. The minimum atomic E-state index is -0.688. The SMILES string of the molecule is O=C(O)CC1CN(CCn2cccn2)C1. The molecule has 0 radical (unpaired) electrons. The van der Waals surface area contributed by atoms with Gasteiger partial charge in [0.05, 0.1) is 13.0 Å². The van der Waals surface area contributed by atoms with Crippen LogP contribution in [0.3, 0.4) is 0 Å². The lowest BCUT2D eigenvalue weighted by Gasteiger charge is -2.38. The molecule has 0 unspecified atom stereocenters. The van der Waals surface area contributed by atoms with E-state index in [1.807, 2.05) is 16.9 Å². The Labute approximate surface area is 88.3 Å². The van der Waals surface area contributed by atoms with Crippen molar-refractivity contribution in [3.63, 3.8) is 0 Å². The summed E-state index contributed by atoms with van der Waals surface area (Å²) in [7, 11) is 0. The van der Waals surface area contributed by atoms with Gasteiger partial charge in [-0.3, -0.25) is 9.48 Å². The van der Waals surface area contributed by atoms with Crippen molar-refractivity contribution < 1.29 is 9.90 Å². The molecule has 0 spiro atoms. The summed E-state index contributed by atoms with van der Waals surface area (Å²) >= 11 is 0. The van der Waals surface area contributed by atoms with E-state index in [4.69, 9.17) is 5.11 Å². The summed E-state index contributed by atoms with van der Waals surface area (Å²) < 4.78 is 1.89. The predicted molar refractivity (Wildman–Crippen MR) is 54.4 cm³/mol. The van der Waals surface area contributed by atoms with Gasteiger partial charge in [-0.1, -0.05) is 0 Å². The lowest BCUT2D eigenvalue weighted by molar-refractivity contribution is -0.139. The molecule has 1 aliphatic rings. The van der Waals surface area contributed by atoms with Crippen molar-refractivity contribution in [2.45, 2.75) is 13.0 Å². The summed E-state index contributed by atoms with van der Waals surface area (Å²) in [5, 5.41) is 12.7. The Morgan fingerprint density at radius 3 is 2.87 bits per heavy atom. The van der Waals surface area contributed by atoms with Gasteiger partial charge in [0.2, 0.25) is 0 Å². The molecule has 1 N–H and O–H groups in total. The van der Waals surface area contributed by atoms with Crippen molar-refractivity contribution in [3.8, 4) is 0 Å². The highest BCUT2D eigenvalue weighted by molar-refractivity contribution is 5.67. The highest BCUT2D eigenvalue weighted by Gasteiger charge is 2.27. The lowest BCUT2D eigenvalue weighted by atomic mass is 9.97. The van der Waals surface area contributed by atoms with E-state index >= 15 is 0 Å². The molecular weight excluding hydrogens is 194 g/mol. The van der Waals surface area contributed by atoms with Gasteiger partial charge in [0, 0.05) is 32.0 Å². The van der Waals surface area contributed by atoms with Crippen molar-refractivity contribution in [1.82, 2.24) is 14.7 Å². The zero-order chi connectivity index (χ0) is 10.7. The van der Waals surface area contributed by atoms with Crippen LogP contribution in [0.5, 0.6) is 0 Å². The van der Waals surface area contributed by atoms with Crippen molar-refractivity contribution >= 4 is 5.97 Å². The van der Waals surface area contributed by atoms with Crippen LogP contribution < -0.4 is 0 Å². The van der Waals surface area contributed by atoms with Crippen LogP contribution in [0, 0.1) is 5.92 Å². The molecule has 2 heterocycles. The maximum Gasteiger partial charge on any atom is 0.303 e. The monoisotopic (exact) mass is 209 g/mol. The Morgan fingerprint density at radius 2 is 2.27 bits per heavy atom. The normalized spacial score (nSPS) is 17.6. The Balaban J connectivity index is 1.62. The second-order valence-corrected chi connectivity index (χ2v) is 3.99. The molecule has 0 bridgehead atoms. The van der Waals surface area contributed by atoms with E-state index in [1.54, 1.807) is 6.20 Å². The highest BCUT2D eigenvalue weighted by Crippen LogP contribution is 2.18. The minimum Gasteiger partial charge on any atom is -0.481 e. The highest BCUT2D eigenvalue weighted by atomic mass is 16.4. The topological polar surface area (TPSA) is 58.4 Å². The second kappa shape index (κ2) is 4.44. The summed E-state index contributed by atoms with van der Waals surface area (Å²) in [4.78, 5) is 12.7. The fraction of sp³-hybridized carbons (Fsp3) is 0.600. The maximum absolute atomic E-state index is 10.4. The molecule has 1 aliphatic heterocycles. The number of aliphatic carboxylic acids is 1. The molecule has 0 aliphatic carbocycles. The molecule has 2 rings (SSSR count). The average molecular weight is 209 g/mol. The molecule has 0 aromatic carbocycles. The van der Waals surface area contributed by atoms with Crippen LogP contribution in [-0.4, -0.2) is 45.4 Å². The number of rotatable bonds is 5. The Kier molecular flexibility index (Phi) is 3.01. The van der Waals surface area contributed by atoms with E-state index in [2.05, 4.69) is 10.00 Å². The smallest absolute Gasteiger partial charge is 0.303 e. The van der Waals surface area contributed by atoms with Gasteiger partial charge in [0.25, 0.3) is 0 Å². The van der Waals surface area contributed by atoms with Gasteiger partial charge in [0.15, 0.2) is 0 Å². The minimum absolute atomic E-state index is 0.304. The van der Waals surface area contributed by atoms with E-state index in [9.17, 15) is 4.79 Å². The standard InChI is InChI=1S/C10H15N3O2/c14-10(15)6-9-7-12(8-9)4-5-13-3-1-2-11-13/h1-3,9H,4-8H2,(H,14,15). The Morgan fingerprint density at radius 1 is 1.47 bits per heavy atom. The maximum atomic E-state index is 10.4. The molecule has 0 atom stereocenters. The molecule has 1 aromatic heterocycles. The first kappa shape index (κ1) is 10.2. The van der Waals surface area contributed by atoms with Crippen LogP contribution >= 0.6 is 0 Å². The molecule has 82 valence electrons. The van der Waals surface area contributed by atoms with Crippen LogP contribution in [0.2, 0.25) is 0 Å². The third-order valence-corrected chi connectivity index (χ3v) is 2.70. The molecule has 0 saturated carbocycles. The summed E-state index contributed by atoms with van der Waals surface area (Å²) in [6.07, 6.45) is 4.01. The van der Waals surface area contributed by atoms with Crippen LogP contribution in [0.25, 0.3) is 0 Å². The average Bonchev–Trinajstić information content (AvgIpc) is 2.60. The van der Waals surface area contributed by atoms with Crippen LogP contribution in [-0.2, 0) is 11.3 Å². The summed E-state index contributed by atoms with van der Waals surface area (Å²) in [5.41, 5.74) is 0. The molecular formula is C10H15N3O2. The summed E-state index contributed by atoms with van der Waals surface area (Å²) in [6, 6.07) is 1.91. The number of carboxylic acid groups (broad SMARTS) is 1. The third kappa shape index (κ3) is 2.79. The van der Waals surface area contributed by atoms with E-state index in [0.717, 1.165) is 26.2 Å². The molecule has 1 fully saturated rings. The van der Waals surface area contributed by atoms with E-state index in [-0.39, 0.29) is 0 Å². The van der Waals surface area contributed by atoms with E-state index in [0.29, 0.717) is 12.3 Å². The van der Waals surface area contributed by atoms with Gasteiger partial charge in [-0.25, -0.2) is 0 Å². The molecule has 0 amide bonds. The first-order chi connectivity index (χ1) is 7.24. The van der Waals surface area contributed by atoms with Gasteiger partial charge in [-0.15, -0.1) is 0 Å². The number of aromatic nitrogens is 2. The van der Waals surface area contributed by atoms with Crippen molar-refractivity contribution in [3.05, 3.63) is 18.5 Å². The van der Waals surface area contributed by atoms with Crippen molar-refractivity contribution in [2.75, 3.05) is 19.6 Å². The predicted octanol–water partition coefficient (Wildman–Crippen LogP) is 0.290. The van der Waals surface area contributed by atoms with Crippen LogP contribution in [0.1, 0.15) is 6.42 Å². The first-order valence-corrected chi connectivity index (χ1v) is 5.15. The van der Waals surface area contributed by atoms with E-state index < -0.39 is 5.97 Å². The van der Waals surface area contributed by atoms with Gasteiger partial charge in [-0.2, -0.15) is 5.10 Å². The summed E-state index contributed by atoms with van der Waals surface area (Å²) in [6.45, 7) is 3.66. The van der Waals surface area contributed by atoms with Gasteiger partial charge in [-0.05, 0) is 12.0 Å². The summed E-state index contributed by atoms with van der Waals surface area (Å²) in [5.74, 6) is -0.341. The van der Waals surface area contributed by atoms with Gasteiger partial charge in [0.1, 0.15) is 0 Å². The fourth-order valence-corrected chi connectivity index (χ4v) is 1.91. The van der Waals surface area contributed by atoms with Gasteiger partial charge >= 0.3 is 5.97 Å². The fourth-order valence-electron chi connectivity index (χ4n) is 1.91. The number of hydrogen-bond donors (Lipinski definition) is 1. The molecule has 5 heteroatoms. The zero-order valence-electron chi connectivity index (χ0n) is 8.54. The van der Waals surface area contributed by atoms with Crippen LogP contribution in [0.4, 0.5) is 0 Å². The van der Waals surface area contributed by atoms with Crippen molar-refractivity contribution in [1.29, 1.82) is 0 Å². The van der Waals surface area contributed by atoms with Gasteiger partial charge < -0.3 is 10.0 Å². The van der Waals surface area contributed by atoms with E-state index in [1.165, 1.54) is 0 Å². The second-order valence-electron chi connectivity index (χ2n) is 3.99. The van der Waals surface area contributed by atoms with Crippen molar-refractivity contribution in [2.24, 2.45) is 5.92 Å². The number of carboxylic acids is 1. The Hall–Kier alpha value is -1.36. The lowest BCUT2D eigenvalue weighted by Crippen LogP contribution is -2.48. The number of hydrogen-bond acceptors (Lipinski definition) is 3. The number of likely N-dealkylation sites (tertiary alicyclic amines) is 1. The quantitative estimate of drug-likeness (QED) is 0.757. The zero-order valence-corrected chi connectivity index (χ0v) is 8.54. The molecule has 15 heavy (non-hydrogen) atoms. The number of carbonyl (C=O) groups is 1. The Bertz CT molecular complexity index is 317. The molecule has 1 saturated heterocycles. The third-order valence-electron chi connectivity index (χ3n) is 2.70. The van der Waals surface area contributed by atoms with Crippen LogP contribution in [0.15, 0.2) is 18.5 Å². The largest absolute Gasteiger partial charge is 0.481 e. The molecule has 1 aromatic rings.